The largest absolute Gasteiger partial charge is 0.395 e. The second kappa shape index (κ2) is 6.04. The van der Waals surface area contributed by atoms with Gasteiger partial charge in [0.2, 0.25) is 5.95 Å². The number of anilines is 2. The van der Waals surface area contributed by atoms with Crippen molar-refractivity contribution in [3.8, 4) is 0 Å². The van der Waals surface area contributed by atoms with Crippen LogP contribution < -0.4 is 10.6 Å². The maximum Gasteiger partial charge on any atom is 0.225 e. The molecule has 102 valence electrons. The minimum absolute atomic E-state index is 0. The number of nitrogens with zero attached hydrogens (tertiary/aromatic N) is 2. The van der Waals surface area contributed by atoms with Crippen LogP contribution >= 0.6 is 12.4 Å². The summed E-state index contributed by atoms with van der Waals surface area (Å²) < 4.78 is 0. The summed E-state index contributed by atoms with van der Waals surface area (Å²) in [6.45, 7) is 0.531. The topological polar surface area (TPSA) is 70.1 Å². The van der Waals surface area contributed by atoms with Gasteiger partial charge in [0.1, 0.15) is 5.82 Å². The van der Waals surface area contributed by atoms with Crippen LogP contribution in [-0.2, 0) is 0 Å². The van der Waals surface area contributed by atoms with Crippen LogP contribution in [0.1, 0.15) is 12.8 Å². The molecule has 0 amide bonds. The Morgan fingerprint density at radius 3 is 2.74 bits per heavy atom. The van der Waals surface area contributed by atoms with Crippen molar-refractivity contribution >= 4 is 35.1 Å². The Kier molecular flexibility index (Phi) is 4.39. The van der Waals surface area contributed by atoms with Crippen LogP contribution in [0.3, 0.4) is 0 Å². The smallest absolute Gasteiger partial charge is 0.225 e. The third-order valence-corrected chi connectivity index (χ3v) is 2.92. The molecule has 0 atom stereocenters. The van der Waals surface area contributed by atoms with Gasteiger partial charge >= 0.3 is 0 Å². The molecule has 0 radical (unpaired) electrons. The van der Waals surface area contributed by atoms with Crippen molar-refractivity contribution < 1.29 is 5.11 Å². The Bertz CT molecular complexity index is 559. The van der Waals surface area contributed by atoms with E-state index >= 15 is 0 Å². The molecule has 1 aliphatic rings. The lowest BCUT2D eigenvalue weighted by Gasteiger charge is -2.10. The maximum absolute atomic E-state index is 8.83. The molecule has 0 saturated heterocycles. The first-order valence-corrected chi connectivity index (χ1v) is 6.25. The normalized spacial score (nSPS) is 13.9. The van der Waals surface area contributed by atoms with Gasteiger partial charge in [-0.2, -0.15) is 4.98 Å². The molecule has 3 N–H and O–H groups in total. The SMILES string of the molecule is Cl.OCCNc1nc(NC2CC2)c2ccccc2n1. The van der Waals surface area contributed by atoms with Crippen molar-refractivity contribution in [1.29, 1.82) is 0 Å². The molecule has 6 heteroatoms. The molecule has 2 aromatic rings. The molecule has 0 aliphatic heterocycles. The van der Waals surface area contributed by atoms with Crippen LogP contribution in [0.5, 0.6) is 0 Å². The highest BCUT2D eigenvalue weighted by molar-refractivity contribution is 5.90. The Hall–Kier alpha value is -1.59. The molecule has 1 heterocycles. The quantitative estimate of drug-likeness (QED) is 0.782. The van der Waals surface area contributed by atoms with Gasteiger partial charge in [-0.1, -0.05) is 12.1 Å². The van der Waals surface area contributed by atoms with Gasteiger partial charge in [-0.25, -0.2) is 4.98 Å². The second-order valence-electron chi connectivity index (χ2n) is 4.48. The van der Waals surface area contributed by atoms with Gasteiger partial charge in [-0.15, -0.1) is 12.4 Å². The summed E-state index contributed by atoms with van der Waals surface area (Å²) >= 11 is 0. The summed E-state index contributed by atoms with van der Waals surface area (Å²) in [6, 6.07) is 8.50. The van der Waals surface area contributed by atoms with Crippen LogP contribution in [0.15, 0.2) is 24.3 Å². The lowest BCUT2D eigenvalue weighted by atomic mass is 10.2. The van der Waals surface area contributed by atoms with Crippen molar-refractivity contribution in [2.75, 3.05) is 23.8 Å². The summed E-state index contributed by atoms with van der Waals surface area (Å²) in [6.07, 6.45) is 2.41. The molecule has 3 rings (SSSR count). The van der Waals surface area contributed by atoms with Crippen LogP contribution in [0.2, 0.25) is 0 Å². The number of fused-ring (bicyclic) bond motifs is 1. The lowest BCUT2D eigenvalue weighted by Crippen LogP contribution is -2.11. The van der Waals surface area contributed by atoms with Crippen molar-refractivity contribution in [2.45, 2.75) is 18.9 Å². The van der Waals surface area contributed by atoms with Gasteiger partial charge in [-0.3, -0.25) is 0 Å². The molecule has 0 spiro atoms. The molecule has 19 heavy (non-hydrogen) atoms. The molecule has 1 aliphatic carbocycles. The number of hydrogen-bond donors (Lipinski definition) is 3. The Labute approximate surface area is 117 Å². The third kappa shape index (κ3) is 3.24. The number of para-hydroxylation sites is 1. The minimum Gasteiger partial charge on any atom is -0.395 e. The van der Waals surface area contributed by atoms with E-state index < -0.39 is 0 Å². The van der Waals surface area contributed by atoms with E-state index in [1.54, 1.807) is 0 Å². The number of halogens is 1. The molecule has 1 aromatic heterocycles. The summed E-state index contributed by atoms with van der Waals surface area (Å²) in [5.41, 5.74) is 0.913. The van der Waals surface area contributed by atoms with E-state index in [4.69, 9.17) is 5.11 Å². The molecule has 1 fully saturated rings. The average Bonchev–Trinajstić information content (AvgIpc) is 3.20. The first-order chi connectivity index (χ1) is 8.86. The number of rotatable bonds is 5. The van der Waals surface area contributed by atoms with Gasteiger partial charge < -0.3 is 15.7 Å². The zero-order valence-corrected chi connectivity index (χ0v) is 11.3. The molecular formula is C13H17ClN4O. The summed E-state index contributed by atoms with van der Waals surface area (Å²) in [4.78, 5) is 8.90. The van der Waals surface area contributed by atoms with E-state index in [9.17, 15) is 0 Å². The second-order valence-corrected chi connectivity index (χ2v) is 4.48. The number of hydrogen-bond acceptors (Lipinski definition) is 5. The molecule has 0 bridgehead atoms. The van der Waals surface area contributed by atoms with E-state index in [1.165, 1.54) is 12.8 Å². The first kappa shape index (κ1) is 13.8. The van der Waals surface area contributed by atoms with Crippen LogP contribution in [0.4, 0.5) is 11.8 Å². The van der Waals surface area contributed by atoms with Crippen molar-refractivity contribution in [2.24, 2.45) is 0 Å². The van der Waals surface area contributed by atoms with Gasteiger partial charge in [0.05, 0.1) is 12.1 Å². The summed E-state index contributed by atoms with van der Waals surface area (Å²) in [5.74, 6) is 1.44. The summed E-state index contributed by atoms with van der Waals surface area (Å²) in [7, 11) is 0. The van der Waals surface area contributed by atoms with Gasteiger partial charge in [0, 0.05) is 18.0 Å². The molecule has 0 unspecified atom stereocenters. The Morgan fingerprint density at radius 2 is 2.00 bits per heavy atom. The van der Waals surface area contributed by atoms with Crippen molar-refractivity contribution in [1.82, 2.24) is 9.97 Å². The molecule has 1 aromatic carbocycles. The Morgan fingerprint density at radius 1 is 1.21 bits per heavy atom. The van der Waals surface area contributed by atoms with Gasteiger partial charge in [0.15, 0.2) is 0 Å². The number of aliphatic hydroxyl groups is 1. The fraction of sp³-hybridized carbons (Fsp3) is 0.385. The van der Waals surface area contributed by atoms with Crippen molar-refractivity contribution in [3.05, 3.63) is 24.3 Å². The minimum atomic E-state index is 0. The van der Waals surface area contributed by atoms with Crippen LogP contribution in [-0.4, -0.2) is 34.3 Å². The van der Waals surface area contributed by atoms with E-state index in [1.807, 2.05) is 24.3 Å². The van der Waals surface area contributed by atoms with E-state index in [0.717, 1.165) is 16.7 Å². The zero-order valence-electron chi connectivity index (χ0n) is 10.5. The predicted molar refractivity (Wildman–Crippen MR) is 79.0 cm³/mol. The number of benzene rings is 1. The predicted octanol–water partition coefficient (Wildman–Crippen LogP) is 2.03. The lowest BCUT2D eigenvalue weighted by molar-refractivity contribution is 0.311. The summed E-state index contributed by atoms with van der Waals surface area (Å²) in [5, 5.41) is 16.3. The fourth-order valence-electron chi connectivity index (χ4n) is 1.85. The van der Waals surface area contributed by atoms with E-state index in [0.29, 0.717) is 18.5 Å². The van der Waals surface area contributed by atoms with Crippen molar-refractivity contribution in [3.63, 3.8) is 0 Å². The zero-order chi connectivity index (χ0) is 12.4. The fourth-order valence-corrected chi connectivity index (χ4v) is 1.85. The van der Waals surface area contributed by atoms with Crippen LogP contribution in [0, 0.1) is 0 Å². The maximum atomic E-state index is 8.83. The standard InChI is InChI=1S/C13H16N4O.ClH/c18-8-7-14-13-16-11-4-2-1-3-10(11)12(17-13)15-9-5-6-9;/h1-4,9,18H,5-8H2,(H2,14,15,16,17);1H. The Balaban J connectivity index is 0.00000133. The van der Waals surface area contributed by atoms with E-state index in [2.05, 4.69) is 20.6 Å². The third-order valence-electron chi connectivity index (χ3n) is 2.92. The number of aromatic nitrogens is 2. The van der Waals surface area contributed by atoms with Crippen LogP contribution in [0.25, 0.3) is 10.9 Å². The van der Waals surface area contributed by atoms with Gasteiger partial charge in [0.25, 0.3) is 0 Å². The highest BCUT2D eigenvalue weighted by Crippen LogP contribution is 2.28. The van der Waals surface area contributed by atoms with Gasteiger partial charge in [-0.05, 0) is 25.0 Å². The highest BCUT2D eigenvalue weighted by atomic mass is 35.5. The molecule has 5 nitrogen and oxygen atoms in total. The monoisotopic (exact) mass is 280 g/mol. The molecule has 1 saturated carbocycles. The number of nitrogens with one attached hydrogen (secondary N) is 2. The first-order valence-electron chi connectivity index (χ1n) is 6.25. The number of aliphatic hydroxyl groups excluding tert-OH is 1. The highest BCUT2D eigenvalue weighted by Gasteiger charge is 2.22. The molecular weight excluding hydrogens is 264 g/mol. The average molecular weight is 281 g/mol. The van der Waals surface area contributed by atoms with E-state index in [-0.39, 0.29) is 19.0 Å².